The van der Waals surface area contributed by atoms with Gasteiger partial charge in [0.2, 0.25) is 6.29 Å². The molecule has 1 heterocycles. The molecule has 0 aromatic heterocycles. The molecule has 4 N–H and O–H groups in total. The third-order valence-corrected chi connectivity index (χ3v) is 4.45. The molecular formula is C21H20O8. The van der Waals surface area contributed by atoms with Crippen LogP contribution in [0.2, 0.25) is 0 Å². The van der Waals surface area contributed by atoms with Gasteiger partial charge in [0.15, 0.2) is 11.9 Å². The standard InChI is InChI=1S/C21H20O8/c22-14(12-6-2-1-3-7-12)11-10-13-8-4-5-9-15(13)28-21-18(25)16(23)17(24)19(29-21)20(26)27/h1-11,16-19,21,23-25H,(H,26,27)/b11-10+/t16-,17-,18+,19-,21+/m0/s1. The van der Waals surface area contributed by atoms with Gasteiger partial charge in [0, 0.05) is 11.1 Å². The van der Waals surface area contributed by atoms with E-state index in [1.165, 1.54) is 18.2 Å². The summed E-state index contributed by atoms with van der Waals surface area (Å²) in [6.07, 6.45) is -5.68. The van der Waals surface area contributed by atoms with Gasteiger partial charge in [-0.1, -0.05) is 48.5 Å². The fourth-order valence-electron chi connectivity index (χ4n) is 2.86. The number of para-hydroxylation sites is 1. The molecule has 1 saturated heterocycles. The number of hydrogen-bond acceptors (Lipinski definition) is 7. The Bertz CT molecular complexity index is 895. The highest BCUT2D eigenvalue weighted by Crippen LogP contribution is 2.27. The lowest BCUT2D eigenvalue weighted by Crippen LogP contribution is -2.61. The number of carboxylic acids is 1. The number of carbonyl (C=O) groups is 2. The molecule has 152 valence electrons. The fourth-order valence-corrected chi connectivity index (χ4v) is 2.86. The first-order chi connectivity index (χ1) is 13.9. The van der Waals surface area contributed by atoms with Gasteiger partial charge in [0.25, 0.3) is 0 Å². The Morgan fingerprint density at radius 3 is 2.24 bits per heavy atom. The Balaban J connectivity index is 1.79. The van der Waals surface area contributed by atoms with Crippen molar-refractivity contribution in [2.24, 2.45) is 0 Å². The summed E-state index contributed by atoms with van der Waals surface area (Å²) < 4.78 is 10.7. The molecule has 3 rings (SSSR count). The summed E-state index contributed by atoms with van der Waals surface area (Å²) in [6.45, 7) is 0. The predicted octanol–water partition coefficient (Wildman–Crippen LogP) is 0.854. The second-order valence-electron chi connectivity index (χ2n) is 6.45. The van der Waals surface area contributed by atoms with Gasteiger partial charge in [0.05, 0.1) is 0 Å². The van der Waals surface area contributed by atoms with E-state index in [-0.39, 0.29) is 11.5 Å². The van der Waals surface area contributed by atoms with Crippen LogP contribution in [-0.4, -0.2) is 62.9 Å². The number of rotatable bonds is 6. The highest BCUT2D eigenvalue weighted by Gasteiger charge is 2.48. The Kier molecular flexibility index (Phi) is 6.40. The van der Waals surface area contributed by atoms with E-state index in [2.05, 4.69) is 0 Å². The van der Waals surface area contributed by atoms with E-state index in [0.717, 1.165) is 0 Å². The lowest BCUT2D eigenvalue weighted by atomic mass is 9.99. The third kappa shape index (κ3) is 4.69. The smallest absolute Gasteiger partial charge is 0.335 e. The summed E-state index contributed by atoms with van der Waals surface area (Å²) in [7, 11) is 0. The monoisotopic (exact) mass is 400 g/mol. The van der Waals surface area contributed by atoms with Crippen LogP contribution in [0.5, 0.6) is 5.75 Å². The first kappa shape index (κ1) is 20.7. The van der Waals surface area contributed by atoms with Crippen molar-refractivity contribution in [1.29, 1.82) is 0 Å². The minimum Gasteiger partial charge on any atom is -0.479 e. The van der Waals surface area contributed by atoms with E-state index in [1.807, 2.05) is 0 Å². The number of benzene rings is 2. The van der Waals surface area contributed by atoms with Crippen LogP contribution in [0.25, 0.3) is 6.08 Å². The van der Waals surface area contributed by atoms with Crippen molar-refractivity contribution in [2.75, 3.05) is 0 Å². The zero-order valence-electron chi connectivity index (χ0n) is 15.2. The lowest BCUT2D eigenvalue weighted by molar-refractivity contribution is -0.271. The largest absolute Gasteiger partial charge is 0.479 e. The van der Waals surface area contributed by atoms with Gasteiger partial charge in [0.1, 0.15) is 24.1 Å². The van der Waals surface area contributed by atoms with Crippen LogP contribution in [0.15, 0.2) is 60.7 Å². The molecule has 0 spiro atoms. The highest BCUT2D eigenvalue weighted by atomic mass is 16.7. The zero-order chi connectivity index (χ0) is 21.0. The summed E-state index contributed by atoms with van der Waals surface area (Å²) in [5, 5.41) is 38.9. The summed E-state index contributed by atoms with van der Waals surface area (Å²) in [6, 6.07) is 15.2. The molecule has 0 radical (unpaired) electrons. The first-order valence-corrected chi connectivity index (χ1v) is 8.84. The van der Waals surface area contributed by atoms with Crippen LogP contribution in [0, 0.1) is 0 Å². The summed E-state index contributed by atoms with van der Waals surface area (Å²) in [4.78, 5) is 23.5. The van der Waals surface area contributed by atoms with E-state index in [0.29, 0.717) is 11.1 Å². The molecule has 29 heavy (non-hydrogen) atoms. The van der Waals surface area contributed by atoms with Crippen LogP contribution >= 0.6 is 0 Å². The molecule has 0 amide bonds. The number of allylic oxidation sites excluding steroid dienone is 1. The van der Waals surface area contributed by atoms with Crippen molar-refractivity contribution in [3.8, 4) is 5.75 Å². The number of carbonyl (C=O) groups excluding carboxylic acids is 1. The van der Waals surface area contributed by atoms with Crippen LogP contribution in [0.3, 0.4) is 0 Å². The molecule has 2 aromatic carbocycles. The maximum atomic E-state index is 12.2. The number of aliphatic hydroxyl groups is 3. The number of hydrogen-bond donors (Lipinski definition) is 4. The SMILES string of the molecule is O=C(/C=C/c1ccccc1O[C@@H]1O[C@H](C(=O)O)[C@@H](O)[C@H](O)[C@H]1O)c1ccccc1. The summed E-state index contributed by atoms with van der Waals surface area (Å²) >= 11 is 0. The average Bonchev–Trinajstić information content (AvgIpc) is 2.73. The van der Waals surface area contributed by atoms with Crippen molar-refractivity contribution < 1.29 is 39.5 Å². The van der Waals surface area contributed by atoms with Crippen molar-refractivity contribution >= 4 is 17.8 Å². The van der Waals surface area contributed by atoms with Gasteiger partial charge in [-0.15, -0.1) is 0 Å². The Labute approximate surface area is 166 Å². The number of ketones is 1. The van der Waals surface area contributed by atoms with Gasteiger partial charge < -0.3 is 29.9 Å². The predicted molar refractivity (Wildman–Crippen MR) is 101 cm³/mol. The Morgan fingerprint density at radius 1 is 0.897 bits per heavy atom. The molecule has 0 aliphatic carbocycles. The molecule has 1 aliphatic heterocycles. The number of aliphatic carboxylic acids is 1. The second-order valence-corrected chi connectivity index (χ2v) is 6.45. The topological polar surface area (TPSA) is 134 Å². The van der Waals surface area contributed by atoms with Gasteiger partial charge in [-0.2, -0.15) is 0 Å². The van der Waals surface area contributed by atoms with E-state index in [1.54, 1.807) is 48.5 Å². The minimum atomic E-state index is -1.80. The molecule has 0 saturated carbocycles. The van der Waals surface area contributed by atoms with E-state index in [4.69, 9.17) is 14.6 Å². The minimum absolute atomic E-state index is 0.196. The van der Waals surface area contributed by atoms with E-state index in [9.17, 15) is 24.9 Å². The molecule has 8 heteroatoms. The molecule has 0 unspecified atom stereocenters. The van der Waals surface area contributed by atoms with Gasteiger partial charge in [-0.25, -0.2) is 4.79 Å². The number of ether oxygens (including phenoxy) is 2. The van der Waals surface area contributed by atoms with Gasteiger partial charge >= 0.3 is 5.97 Å². The van der Waals surface area contributed by atoms with Gasteiger partial charge in [-0.05, 0) is 18.2 Å². The Hall–Kier alpha value is -3.04. The molecule has 1 fully saturated rings. The summed E-state index contributed by atoms with van der Waals surface area (Å²) in [5.74, 6) is -1.53. The molecule has 0 bridgehead atoms. The molecule has 5 atom stereocenters. The maximum absolute atomic E-state index is 12.2. The molecule has 2 aromatic rings. The fraction of sp³-hybridized carbons (Fsp3) is 0.238. The number of aliphatic hydroxyl groups excluding tert-OH is 3. The lowest BCUT2D eigenvalue weighted by Gasteiger charge is -2.38. The van der Waals surface area contributed by atoms with Crippen LogP contribution in [0.1, 0.15) is 15.9 Å². The van der Waals surface area contributed by atoms with Crippen molar-refractivity contribution in [1.82, 2.24) is 0 Å². The second kappa shape index (κ2) is 8.97. The van der Waals surface area contributed by atoms with E-state index >= 15 is 0 Å². The van der Waals surface area contributed by atoms with Gasteiger partial charge in [-0.3, -0.25) is 4.79 Å². The number of carboxylic acid groups (broad SMARTS) is 1. The Morgan fingerprint density at radius 2 is 1.55 bits per heavy atom. The highest BCUT2D eigenvalue weighted by molar-refractivity contribution is 6.06. The molecule has 1 aliphatic rings. The van der Waals surface area contributed by atoms with Crippen LogP contribution < -0.4 is 4.74 Å². The molecular weight excluding hydrogens is 380 g/mol. The average molecular weight is 400 g/mol. The maximum Gasteiger partial charge on any atom is 0.335 e. The van der Waals surface area contributed by atoms with Crippen LogP contribution in [0.4, 0.5) is 0 Å². The molecule has 8 nitrogen and oxygen atoms in total. The zero-order valence-corrected chi connectivity index (χ0v) is 15.2. The van der Waals surface area contributed by atoms with Crippen molar-refractivity contribution in [2.45, 2.75) is 30.7 Å². The van der Waals surface area contributed by atoms with Crippen LogP contribution in [-0.2, 0) is 9.53 Å². The normalized spacial score (nSPS) is 26.9. The van der Waals surface area contributed by atoms with Crippen molar-refractivity contribution in [3.05, 3.63) is 71.8 Å². The quantitative estimate of drug-likeness (QED) is 0.414. The van der Waals surface area contributed by atoms with Crippen molar-refractivity contribution in [3.63, 3.8) is 0 Å². The first-order valence-electron chi connectivity index (χ1n) is 8.84. The summed E-state index contributed by atoms with van der Waals surface area (Å²) in [5.41, 5.74) is 0.981. The van der Waals surface area contributed by atoms with E-state index < -0.39 is 36.7 Å². The third-order valence-electron chi connectivity index (χ3n) is 4.45.